The van der Waals surface area contributed by atoms with Gasteiger partial charge in [0.2, 0.25) is 5.91 Å². The SMILES string of the molecule is Cn1ccc(CNC(C)(C)CC(N)=O)n1. The number of nitrogens with zero attached hydrogens (tertiary/aromatic N) is 2. The third-order valence-electron chi connectivity index (χ3n) is 2.13. The van der Waals surface area contributed by atoms with Crippen LogP contribution in [-0.4, -0.2) is 21.2 Å². The van der Waals surface area contributed by atoms with Gasteiger partial charge in [0.05, 0.1) is 5.69 Å². The summed E-state index contributed by atoms with van der Waals surface area (Å²) >= 11 is 0. The van der Waals surface area contributed by atoms with Gasteiger partial charge in [-0.2, -0.15) is 5.10 Å². The van der Waals surface area contributed by atoms with E-state index < -0.39 is 0 Å². The first-order valence-corrected chi connectivity index (χ1v) is 4.91. The fourth-order valence-electron chi connectivity index (χ4n) is 1.39. The molecule has 0 saturated heterocycles. The van der Waals surface area contributed by atoms with Gasteiger partial charge < -0.3 is 11.1 Å². The average molecular weight is 210 g/mol. The molecule has 3 N–H and O–H groups in total. The number of hydrogen-bond donors (Lipinski definition) is 2. The molecule has 0 unspecified atom stereocenters. The summed E-state index contributed by atoms with van der Waals surface area (Å²) in [5.41, 5.74) is 5.82. The summed E-state index contributed by atoms with van der Waals surface area (Å²) in [6.45, 7) is 4.53. The molecule has 0 bridgehead atoms. The van der Waals surface area contributed by atoms with Gasteiger partial charge in [-0.05, 0) is 19.9 Å². The highest BCUT2D eigenvalue weighted by atomic mass is 16.1. The van der Waals surface area contributed by atoms with Crippen LogP contribution in [0.2, 0.25) is 0 Å². The Hall–Kier alpha value is -1.36. The number of nitrogens with two attached hydrogens (primary N) is 1. The molecule has 0 saturated carbocycles. The molecule has 15 heavy (non-hydrogen) atoms. The van der Waals surface area contributed by atoms with Crippen LogP contribution in [0.3, 0.4) is 0 Å². The predicted octanol–water partition coefficient (Wildman–Crippen LogP) is 0.164. The monoisotopic (exact) mass is 210 g/mol. The second-order valence-corrected chi connectivity index (χ2v) is 4.36. The number of amides is 1. The summed E-state index contributed by atoms with van der Waals surface area (Å²) in [6, 6.07) is 1.94. The van der Waals surface area contributed by atoms with E-state index >= 15 is 0 Å². The molecule has 0 radical (unpaired) electrons. The first-order chi connectivity index (χ1) is 6.89. The molecule has 0 spiro atoms. The van der Waals surface area contributed by atoms with E-state index in [1.54, 1.807) is 4.68 Å². The first-order valence-electron chi connectivity index (χ1n) is 4.91. The second-order valence-electron chi connectivity index (χ2n) is 4.36. The molecule has 0 fully saturated rings. The van der Waals surface area contributed by atoms with Crippen LogP contribution in [0.4, 0.5) is 0 Å². The molecule has 1 rings (SSSR count). The Morgan fingerprint density at radius 1 is 1.67 bits per heavy atom. The van der Waals surface area contributed by atoms with Crippen LogP contribution in [-0.2, 0) is 18.4 Å². The Morgan fingerprint density at radius 3 is 2.80 bits per heavy atom. The van der Waals surface area contributed by atoms with E-state index in [1.807, 2.05) is 33.2 Å². The minimum atomic E-state index is -0.298. The lowest BCUT2D eigenvalue weighted by molar-refractivity contribution is -0.119. The first kappa shape index (κ1) is 11.7. The smallest absolute Gasteiger partial charge is 0.219 e. The molecule has 0 aromatic carbocycles. The van der Waals surface area contributed by atoms with Crippen LogP contribution < -0.4 is 11.1 Å². The number of carbonyl (C=O) groups is 1. The number of aryl methyl sites for hydroxylation is 1. The molecule has 0 aliphatic carbocycles. The Bertz CT molecular complexity index is 343. The molecule has 5 nitrogen and oxygen atoms in total. The Kier molecular flexibility index (Phi) is 3.47. The van der Waals surface area contributed by atoms with Crippen LogP contribution in [0.5, 0.6) is 0 Å². The molecular formula is C10H18N4O. The van der Waals surface area contributed by atoms with Crippen molar-refractivity contribution in [1.29, 1.82) is 0 Å². The van der Waals surface area contributed by atoms with Crippen molar-refractivity contribution < 1.29 is 4.79 Å². The van der Waals surface area contributed by atoms with Crippen molar-refractivity contribution in [2.45, 2.75) is 32.4 Å². The van der Waals surface area contributed by atoms with Gasteiger partial charge in [-0.1, -0.05) is 0 Å². The van der Waals surface area contributed by atoms with Crippen molar-refractivity contribution in [3.05, 3.63) is 18.0 Å². The van der Waals surface area contributed by atoms with Crippen molar-refractivity contribution in [2.24, 2.45) is 12.8 Å². The van der Waals surface area contributed by atoms with Crippen molar-refractivity contribution in [1.82, 2.24) is 15.1 Å². The largest absolute Gasteiger partial charge is 0.370 e. The normalized spacial score (nSPS) is 11.7. The molecule has 0 aliphatic rings. The lowest BCUT2D eigenvalue weighted by atomic mass is 10.0. The molecular weight excluding hydrogens is 192 g/mol. The standard InChI is InChI=1S/C10H18N4O/c1-10(2,6-9(11)15)12-7-8-4-5-14(3)13-8/h4-5,12H,6-7H2,1-3H3,(H2,11,15). The van der Waals surface area contributed by atoms with Gasteiger partial charge in [-0.3, -0.25) is 9.48 Å². The molecule has 84 valence electrons. The van der Waals surface area contributed by atoms with Gasteiger partial charge in [-0.15, -0.1) is 0 Å². The number of hydrogen-bond acceptors (Lipinski definition) is 3. The number of primary amides is 1. The van der Waals surface area contributed by atoms with Crippen LogP contribution in [0, 0.1) is 0 Å². The van der Waals surface area contributed by atoms with Gasteiger partial charge in [0.15, 0.2) is 0 Å². The lowest BCUT2D eigenvalue weighted by Gasteiger charge is -2.24. The molecule has 1 aromatic heterocycles. The van der Waals surface area contributed by atoms with E-state index in [0.717, 1.165) is 5.69 Å². The van der Waals surface area contributed by atoms with Crippen molar-refractivity contribution in [3.63, 3.8) is 0 Å². The Morgan fingerprint density at radius 2 is 2.33 bits per heavy atom. The third-order valence-corrected chi connectivity index (χ3v) is 2.13. The quantitative estimate of drug-likeness (QED) is 0.727. The van der Waals surface area contributed by atoms with Gasteiger partial charge >= 0.3 is 0 Å². The molecule has 1 heterocycles. The number of aromatic nitrogens is 2. The highest BCUT2D eigenvalue weighted by Crippen LogP contribution is 2.08. The average Bonchev–Trinajstić information content (AvgIpc) is 2.46. The Balaban J connectivity index is 2.45. The molecule has 5 heteroatoms. The minimum Gasteiger partial charge on any atom is -0.370 e. The fourth-order valence-corrected chi connectivity index (χ4v) is 1.39. The molecule has 0 aliphatic heterocycles. The zero-order chi connectivity index (χ0) is 11.5. The maximum Gasteiger partial charge on any atom is 0.219 e. The number of rotatable bonds is 5. The maximum atomic E-state index is 10.8. The van der Waals surface area contributed by atoms with Gasteiger partial charge in [0.1, 0.15) is 0 Å². The van der Waals surface area contributed by atoms with E-state index in [0.29, 0.717) is 13.0 Å². The van der Waals surface area contributed by atoms with Crippen molar-refractivity contribution in [2.75, 3.05) is 0 Å². The minimum absolute atomic E-state index is 0.288. The summed E-state index contributed by atoms with van der Waals surface area (Å²) in [7, 11) is 1.87. The highest BCUT2D eigenvalue weighted by Gasteiger charge is 2.19. The number of carbonyl (C=O) groups excluding carboxylic acids is 1. The Labute approximate surface area is 89.6 Å². The van der Waals surface area contributed by atoms with E-state index in [2.05, 4.69) is 10.4 Å². The summed E-state index contributed by atoms with van der Waals surface area (Å²) in [5, 5.41) is 7.47. The summed E-state index contributed by atoms with van der Waals surface area (Å²) in [6.07, 6.45) is 2.21. The lowest BCUT2D eigenvalue weighted by Crippen LogP contribution is -2.42. The highest BCUT2D eigenvalue weighted by molar-refractivity contribution is 5.74. The van der Waals surface area contributed by atoms with Crippen LogP contribution in [0.1, 0.15) is 26.0 Å². The van der Waals surface area contributed by atoms with Gasteiger partial charge in [-0.25, -0.2) is 0 Å². The van der Waals surface area contributed by atoms with Crippen LogP contribution in [0.15, 0.2) is 12.3 Å². The third kappa shape index (κ3) is 4.12. The predicted molar refractivity (Wildman–Crippen MR) is 57.9 cm³/mol. The fraction of sp³-hybridized carbons (Fsp3) is 0.600. The summed E-state index contributed by atoms with van der Waals surface area (Å²) in [4.78, 5) is 10.8. The molecule has 1 aromatic rings. The second kappa shape index (κ2) is 4.44. The van der Waals surface area contributed by atoms with Crippen LogP contribution in [0.25, 0.3) is 0 Å². The number of nitrogens with one attached hydrogen (secondary N) is 1. The van der Waals surface area contributed by atoms with Gasteiger partial charge in [0, 0.05) is 31.7 Å². The molecule has 1 amide bonds. The topological polar surface area (TPSA) is 72.9 Å². The van der Waals surface area contributed by atoms with Gasteiger partial charge in [0.25, 0.3) is 0 Å². The summed E-state index contributed by atoms with van der Waals surface area (Å²) in [5.74, 6) is -0.298. The van der Waals surface area contributed by atoms with E-state index in [1.165, 1.54) is 0 Å². The van der Waals surface area contributed by atoms with E-state index in [9.17, 15) is 4.79 Å². The zero-order valence-electron chi connectivity index (χ0n) is 9.45. The maximum absolute atomic E-state index is 10.8. The van der Waals surface area contributed by atoms with Crippen molar-refractivity contribution >= 4 is 5.91 Å². The van der Waals surface area contributed by atoms with E-state index in [4.69, 9.17) is 5.73 Å². The van der Waals surface area contributed by atoms with Crippen molar-refractivity contribution in [3.8, 4) is 0 Å². The molecule has 0 atom stereocenters. The summed E-state index contributed by atoms with van der Waals surface area (Å²) < 4.78 is 1.75. The zero-order valence-corrected chi connectivity index (χ0v) is 9.45. The van der Waals surface area contributed by atoms with E-state index in [-0.39, 0.29) is 11.4 Å². The van der Waals surface area contributed by atoms with Crippen LogP contribution >= 0.6 is 0 Å².